The van der Waals surface area contributed by atoms with Crippen molar-refractivity contribution in [2.45, 2.75) is 19.4 Å². The first-order valence-corrected chi connectivity index (χ1v) is 5.72. The molecule has 1 atom stereocenters. The second-order valence-electron chi connectivity index (χ2n) is 4.39. The molecule has 1 aliphatic rings. The average molecular weight is 233 g/mol. The van der Waals surface area contributed by atoms with Crippen molar-refractivity contribution in [1.82, 2.24) is 15.2 Å². The van der Waals surface area contributed by atoms with Crippen LogP contribution in [0.15, 0.2) is 16.5 Å². The second kappa shape index (κ2) is 3.89. The molecule has 1 unspecified atom stereocenters. The lowest BCUT2D eigenvalue weighted by molar-refractivity contribution is 0.544. The lowest BCUT2D eigenvalue weighted by Crippen LogP contribution is -2.26. The van der Waals surface area contributed by atoms with Crippen LogP contribution in [0.1, 0.15) is 12.2 Å². The van der Waals surface area contributed by atoms with Gasteiger partial charge < -0.3 is 15.1 Å². The number of H-pyrrole nitrogens is 1. The van der Waals surface area contributed by atoms with E-state index in [9.17, 15) is 0 Å². The molecule has 6 heteroatoms. The standard InChI is InChI=1S/C11H15N5O/c1-7-2-3-9(17-7)10-13-11(15-14-10)16-5-4-8(12)6-16/h2-3,8H,4-6,12H2,1H3,(H,13,14,15). The first-order chi connectivity index (χ1) is 8.22. The Morgan fingerprint density at radius 2 is 2.41 bits per heavy atom. The first-order valence-electron chi connectivity index (χ1n) is 5.72. The Morgan fingerprint density at radius 1 is 1.53 bits per heavy atom. The smallest absolute Gasteiger partial charge is 0.245 e. The van der Waals surface area contributed by atoms with Gasteiger partial charge in [0.25, 0.3) is 0 Å². The predicted molar refractivity (Wildman–Crippen MR) is 63.6 cm³/mol. The molecular weight excluding hydrogens is 218 g/mol. The molecule has 0 amide bonds. The van der Waals surface area contributed by atoms with Crippen molar-refractivity contribution < 1.29 is 4.42 Å². The number of nitrogens with one attached hydrogen (secondary N) is 1. The number of rotatable bonds is 2. The van der Waals surface area contributed by atoms with Crippen molar-refractivity contribution in [3.63, 3.8) is 0 Å². The van der Waals surface area contributed by atoms with Crippen molar-refractivity contribution in [3.8, 4) is 11.6 Å². The Kier molecular flexibility index (Phi) is 2.36. The van der Waals surface area contributed by atoms with Crippen LogP contribution in [-0.2, 0) is 0 Å². The van der Waals surface area contributed by atoms with E-state index < -0.39 is 0 Å². The average Bonchev–Trinajstić information content (AvgIpc) is 2.96. The molecule has 3 heterocycles. The quantitative estimate of drug-likeness (QED) is 0.805. The van der Waals surface area contributed by atoms with Gasteiger partial charge in [0.05, 0.1) is 0 Å². The Labute approximate surface area is 98.8 Å². The topological polar surface area (TPSA) is 84.0 Å². The van der Waals surface area contributed by atoms with E-state index in [1.165, 1.54) is 0 Å². The normalized spacial score (nSPS) is 20.1. The molecule has 0 aliphatic carbocycles. The van der Waals surface area contributed by atoms with E-state index in [4.69, 9.17) is 10.2 Å². The summed E-state index contributed by atoms with van der Waals surface area (Å²) in [6.45, 7) is 3.63. The highest BCUT2D eigenvalue weighted by Crippen LogP contribution is 2.21. The van der Waals surface area contributed by atoms with Crippen molar-refractivity contribution in [2.24, 2.45) is 5.73 Å². The van der Waals surface area contributed by atoms with Gasteiger partial charge in [-0.05, 0) is 25.5 Å². The van der Waals surface area contributed by atoms with E-state index in [2.05, 4.69) is 20.1 Å². The molecule has 1 fully saturated rings. The van der Waals surface area contributed by atoms with Gasteiger partial charge in [0, 0.05) is 19.1 Å². The van der Waals surface area contributed by atoms with E-state index in [1.807, 2.05) is 19.1 Å². The minimum absolute atomic E-state index is 0.225. The Hall–Kier alpha value is -1.82. The van der Waals surface area contributed by atoms with Crippen LogP contribution < -0.4 is 10.6 Å². The third-order valence-electron chi connectivity index (χ3n) is 2.95. The highest BCUT2D eigenvalue weighted by Gasteiger charge is 2.22. The van der Waals surface area contributed by atoms with E-state index >= 15 is 0 Å². The summed E-state index contributed by atoms with van der Waals surface area (Å²) in [5.41, 5.74) is 5.86. The summed E-state index contributed by atoms with van der Waals surface area (Å²) in [6.07, 6.45) is 0.990. The third kappa shape index (κ3) is 1.91. The minimum Gasteiger partial charge on any atom is -0.458 e. The van der Waals surface area contributed by atoms with Gasteiger partial charge in [-0.1, -0.05) is 0 Å². The van der Waals surface area contributed by atoms with Crippen LogP contribution in [-0.4, -0.2) is 34.3 Å². The van der Waals surface area contributed by atoms with Crippen molar-refractivity contribution in [3.05, 3.63) is 17.9 Å². The van der Waals surface area contributed by atoms with Gasteiger partial charge in [-0.3, -0.25) is 5.10 Å². The molecule has 1 saturated heterocycles. The zero-order valence-electron chi connectivity index (χ0n) is 9.68. The summed E-state index contributed by atoms with van der Waals surface area (Å²) < 4.78 is 5.49. The number of nitrogens with two attached hydrogens (primary N) is 1. The van der Waals surface area contributed by atoms with E-state index in [0.29, 0.717) is 17.5 Å². The SMILES string of the molecule is Cc1ccc(-c2nc(N3CCC(N)C3)n[nH]2)o1. The molecule has 17 heavy (non-hydrogen) atoms. The van der Waals surface area contributed by atoms with Crippen LogP contribution in [0.25, 0.3) is 11.6 Å². The molecule has 1 aliphatic heterocycles. The highest BCUT2D eigenvalue weighted by atomic mass is 16.3. The molecule has 0 radical (unpaired) electrons. The Morgan fingerprint density at radius 3 is 3.06 bits per heavy atom. The Balaban J connectivity index is 1.83. The lowest BCUT2D eigenvalue weighted by atomic mass is 10.3. The molecule has 3 N–H and O–H groups in total. The number of anilines is 1. The van der Waals surface area contributed by atoms with Crippen LogP contribution in [0.5, 0.6) is 0 Å². The van der Waals surface area contributed by atoms with E-state index in [-0.39, 0.29) is 6.04 Å². The van der Waals surface area contributed by atoms with Crippen LogP contribution >= 0.6 is 0 Å². The number of hydrogen-bond donors (Lipinski definition) is 2. The van der Waals surface area contributed by atoms with E-state index in [1.54, 1.807) is 0 Å². The maximum atomic E-state index is 5.86. The fourth-order valence-corrected chi connectivity index (χ4v) is 2.04. The number of aryl methyl sites for hydroxylation is 1. The molecule has 90 valence electrons. The van der Waals surface area contributed by atoms with Crippen LogP contribution in [0.2, 0.25) is 0 Å². The minimum atomic E-state index is 0.225. The summed E-state index contributed by atoms with van der Waals surface area (Å²) in [4.78, 5) is 6.50. The number of furan rings is 1. The lowest BCUT2D eigenvalue weighted by Gasteiger charge is -2.11. The van der Waals surface area contributed by atoms with Crippen LogP contribution in [0.4, 0.5) is 5.95 Å². The molecule has 3 rings (SSSR count). The van der Waals surface area contributed by atoms with Gasteiger partial charge >= 0.3 is 0 Å². The van der Waals surface area contributed by atoms with Crippen LogP contribution in [0, 0.1) is 6.92 Å². The number of hydrogen-bond acceptors (Lipinski definition) is 5. The molecular formula is C11H15N5O. The molecule has 6 nitrogen and oxygen atoms in total. The Bertz CT molecular complexity index is 517. The zero-order chi connectivity index (χ0) is 11.8. The van der Waals surface area contributed by atoms with Gasteiger partial charge in [0.15, 0.2) is 11.6 Å². The molecule has 2 aromatic heterocycles. The van der Waals surface area contributed by atoms with Gasteiger partial charge in [0.2, 0.25) is 5.95 Å². The number of nitrogens with zero attached hydrogens (tertiary/aromatic N) is 3. The summed E-state index contributed by atoms with van der Waals surface area (Å²) in [6, 6.07) is 4.02. The molecule has 0 bridgehead atoms. The number of aromatic nitrogens is 3. The van der Waals surface area contributed by atoms with Crippen molar-refractivity contribution in [1.29, 1.82) is 0 Å². The fourth-order valence-electron chi connectivity index (χ4n) is 2.04. The number of aromatic amines is 1. The monoisotopic (exact) mass is 233 g/mol. The summed E-state index contributed by atoms with van der Waals surface area (Å²) in [5.74, 6) is 2.93. The fraction of sp³-hybridized carbons (Fsp3) is 0.455. The molecule has 2 aromatic rings. The maximum Gasteiger partial charge on any atom is 0.245 e. The molecule has 0 aromatic carbocycles. The second-order valence-corrected chi connectivity index (χ2v) is 4.39. The molecule has 0 spiro atoms. The van der Waals surface area contributed by atoms with Gasteiger partial charge in [-0.15, -0.1) is 5.10 Å². The van der Waals surface area contributed by atoms with Crippen molar-refractivity contribution >= 4 is 5.95 Å². The van der Waals surface area contributed by atoms with Crippen molar-refractivity contribution in [2.75, 3.05) is 18.0 Å². The van der Waals surface area contributed by atoms with Gasteiger partial charge in [-0.2, -0.15) is 4.98 Å². The maximum absolute atomic E-state index is 5.86. The van der Waals surface area contributed by atoms with Crippen LogP contribution in [0.3, 0.4) is 0 Å². The summed E-state index contributed by atoms with van der Waals surface area (Å²) >= 11 is 0. The third-order valence-corrected chi connectivity index (χ3v) is 2.95. The largest absolute Gasteiger partial charge is 0.458 e. The van der Waals surface area contributed by atoms with E-state index in [0.717, 1.165) is 25.3 Å². The van der Waals surface area contributed by atoms with Gasteiger partial charge in [-0.25, -0.2) is 0 Å². The zero-order valence-corrected chi connectivity index (χ0v) is 9.68. The molecule has 0 saturated carbocycles. The highest BCUT2D eigenvalue weighted by molar-refractivity contribution is 5.49. The van der Waals surface area contributed by atoms with Gasteiger partial charge in [0.1, 0.15) is 5.76 Å². The first kappa shape index (κ1) is 10.3. The summed E-state index contributed by atoms with van der Waals surface area (Å²) in [7, 11) is 0. The summed E-state index contributed by atoms with van der Waals surface area (Å²) in [5, 5.41) is 7.08. The predicted octanol–water partition coefficient (Wildman–Crippen LogP) is 0.911.